The van der Waals surface area contributed by atoms with E-state index >= 15 is 0 Å². The highest BCUT2D eigenvalue weighted by atomic mass is 16.5. The Morgan fingerprint density at radius 2 is 1.88 bits per heavy atom. The van der Waals surface area contributed by atoms with Gasteiger partial charge in [0.2, 0.25) is 0 Å². The molecule has 130 valence electrons. The zero-order valence-electron chi connectivity index (χ0n) is 14.2. The Hall–Kier alpha value is -3.61. The van der Waals surface area contributed by atoms with E-state index in [0.29, 0.717) is 22.9 Å². The molecule has 0 aliphatic heterocycles. The van der Waals surface area contributed by atoms with E-state index in [9.17, 15) is 4.79 Å². The molecule has 4 rings (SSSR count). The number of aromatic nitrogens is 4. The average Bonchev–Trinajstić information content (AvgIpc) is 3.14. The maximum absolute atomic E-state index is 12.2. The molecule has 2 aromatic heterocycles. The second-order valence-corrected chi connectivity index (χ2v) is 5.72. The van der Waals surface area contributed by atoms with Crippen LogP contribution in [0.4, 0.5) is 0 Å². The van der Waals surface area contributed by atoms with E-state index in [4.69, 9.17) is 9.47 Å². The first-order chi connectivity index (χ1) is 12.7. The highest BCUT2D eigenvalue weighted by Crippen LogP contribution is 2.33. The molecule has 7 nitrogen and oxygen atoms in total. The van der Waals surface area contributed by atoms with Crippen molar-refractivity contribution in [2.45, 2.75) is 0 Å². The van der Waals surface area contributed by atoms with Gasteiger partial charge < -0.3 is 14.5 Å². The fourth-order valence-electron chi connectivity index (χ4n) is 2.88. The molecule has 0 bridgehead atoms. The summed E-state index contributed by atoms with van der Waals surface area (Å²) in [6.45, 7) is 0. The van der Waals surface area contributed by atoms with E-state index in [1.807, 2.05) is 30.3 Å². The smallest absolute Gasteiger partial charge is 0.345 e. The number of aromatic amines is 2. The van der Waals surface area contributed by atoms with E-state index in [-0.39, 0.29) is 0 Å². The van der Waals surface area contributed by atoms with Crippen LogP contribution < -0.4 is 15.2 Å². The van der Waals surface area contributed by atoms with Crippen molar-refractivity contribution >= 4 is 10.9 Å². The van der Waals surface area contributed by atoms with Crippen LogP contribution in [-0.4, -0.2) is 34.4 Å². The lowest BCUT2D eigenvalue weighted by Gasteiger charge is -2.11. The molecule has 0 amide bonds. The minimum Gasteiger partial charge on any atom is -0.497 e. The summed E-state index contributed by atoms with van der Waals surface area (Å²) >= 11 is 0. The zero-order chi connectivity index (χ0) is 18.1. The van der Waals surface area contributed by atoms with Gasteiger partial charge in [-0.15, -0.1) is 0 Å². The van der Waals surface area contributed by atoms with Crippen LogP contribution in [0.5, 0.6) is 11.5 Å². The Bertz CT molecular complexity index is 1150. The SMILES string of the molecule is COc1ccc(OC)c(-c2cc(-c3ccc4[nH]ncc4c3)nc(=O)[nH]2)c1. The molecule has 0 unspecified atom stereocenters. The van der Waals surface area contributed by atoms with Crippen LogP contribution in [0.1, 0.15) is 0 Å². The zero-order valence-corrected chi connectivity index (χ0v) is 14.2. The highest BCUT2D eigenvalue weighted by Gasteiger charge is 2.12. The molecule has 2 heterocycles. The summed E-state index contributed by atoms with van der Waals surface area (Å²) in [6, 6.07) is 13.0. The minimum atomic E-state index is -0.435. The van der Waals surface area contributed by atoms with E-state index in [0.717, 1.165) is 22.0 Å². The Balaban J connectivity index is 1.88. The highest BCUT2D eigenvalue weighted by molar-refractivity contribution is 5.84. The minimum absolute atomic E-state index is 0.435. The van der Waals surface area contributed by atoms with E-state index in [2.05, 4.69) is 20.2 Å². The van der Waals surface area contributed by atoms with Crippen molar-refractivity contribution < 1.29 is 9.47 Å². The maximum Gasteiger partial charge on any atom is 0.345 e. The molecule has 2 aromatic carbocycles. The molecule has 4 aromatic rings. The summed E-state index contributed by atoms with van der Waals surface area (Å²) in [6.07, 6.45) is 1.73. The van der Waals surface area contributed by atoms with Gasteiger partial charge in [-0.05, 0) is 36.4 Å². The Morgan fingerprint density at radius 3 is 2.69 bits per heavy atom. The van der Waals surface area contributed by atoms with Gasteiger partial charge in [-0.1, -0.05) is 6.07 Å². The number of nitrogens with one attached hydrogen (secondary N) is 2. The van der Waals surface area contributed by atoms with Crippen LogP contribution in [0, 0.1) is 0 Å². The first kappa shape index (κ1) is 15.9. The Kier molecular flexibility index (Phi) is 3.89. The van der Waals surface area contributed by atoms with Crippen molar-refractivity contribution in [1.82, 2.24) is 20.2 Å². The van der Waals surface area contributed by atoms with Crippen LogP contribution in [0.2, 0.25) is 0 Å². The van der Waals surface area contributed by atoms with Gasteiger partial charge in [0.05, 0.1) is 37.3 Å². The molecule has 0 saturated carbocycles. The number of nitrogens with zero attached hydrogens (tertiary/aromatic N) is 2. The molecule has 7 heteroatoms. The maximum atomic E-state index is 12.2. The van der Waals surface area contributed by atoms with E-state index in [1.165, 1.54) is 0 Å². The topological polar surface area (TPSA) is 92.9 Å². The first-order valence-electron chi connectivity index (χ1n) is 7.95. The molecule has 0 aliphatic carbocycles. The second-order valence-electron chi connectivity index (χ2n) is 5.72. The quantitative estimate of drug-likeness (QED) is 0.591. The predicted octanol–water partition coefficient (Wildman–Crippen LogP) is 3.00. The molecule has 0 aliphatic rings. The predicted molar refractivity (Wildman–Crippen MR) is 98.5 cm³/mol. The summed E-state index contributed by atoms with van der Waals surface area (Å²) in [5.74, 6) is 1.30. The number of hydrogen-bond donors (Lipinski definition) is 2. The number of hydrogen-bond acceptors (Lipinski definition) is 5. The van der Waals surface area contributed by atoms with Gasteiger partial charge in [-0.3, -0.25) is 5.10 Å². The van der Waals surface area contributed by atoms with Gasteiger partial charge in [-0.25, -0.2) is 4.79 Å². The Morgan fingerprint density at radius 1 is 1.00 bits per heavy atom. The second kappa shape index (κ2) is 6.36. The Labute approximate surface area is 148 Å². The van der Waals surface area contributed by atoms with Crippen LogP contribution in [0.25, 0.3) is 33.4 Å². The van der Waals surface area contributed by atoms with Crippen LogP contribution >= 0.6 is 0 Å². The summed E-state index contributed by atoms with van der Waals surface area (Å²) in [4.78, 5) is 19.0. The van der Waals surface area contributed by atoms with E-state index in [1.54, 1.807) is 32.5 Å². The van der Waals surface area contributed by atoms with Gasteiger partial charge >= 0.3 is 5.69 Å². The summed E-state index contributed by atoms with van der Waals surface area (Å²) in [5.41, 5.74) is 3.20. The molecular formula is C19H16N4O3. The molecule has 0 fully saturated rings. The largest absolute Gasteiger partial charge is 0.497 e. The van der Waals surface area contributed by atoms with Crippen molar-refractivity contribution in [3.63, 3.8) is 0 Å². The number of rotatable bonds is 4. The summed E-state index contributed by atoms with van der Waals surface area (Å²) in [5, 5.41) is 7.87. The molecule has 0 spiro atoms. The van der Waals surface area contributed by atoms with Crippen molar-refractivity contribution in [2.75, 3.05) is 14.2 Å². The van der Waals surface area contributed by atoms with Crippen LogP contribution in [-0.2, 0) is 0 Å². The van der Waals surface area contributed by atoms with Crippen molar-refractivity contribution in [3.05, 3.63) is 59.1 Å². The number of fused-ring (bicyclic) bond motifs is 1. The van der Waals surface area contributed by atoms with E-state index < -0.39 is 5.69 Å². The fraction of sp³-hybridized carbons (Fsp3) is 0.105. The molecule has 0 atom stereocenters. The van der Waals surface area contributed by atoms with Gasteiger partial charge in [-0.2, -0.15) is 10.1 Å². The molecule has 0 radical (unpaired) electrons. The lowest BCUT2D eigenvalue weighted by molar-refractivity contribution is 0.404. The van der Waals surface area contributed by atoms with Crippen molar-refractivity contribution in [3.8, 4) is 34.0 Å². The number of ether oxygens (including phenoxy) is 2. The van der Waals surface area contributed by atoms with Gasteiger partial charge in [0.15, 0.2) is 0 Å². The molecule has 26 heavy (non-hydrogen) atoms. The normalized spacial score (nSPS) is 10.8. The number of methoxy groups -OCH3 is 2. The lowest BCUT2D eigenvalue weighted by Crippen LogP contribution is -2.12. The van der Waals surface area contributed by atoms with Gasteiger partial charge in [0.25, 0.3) is 0 Å². The third-order valence-electron chi connectivity index (χ3n) is 4.18. The molecule has 2 N–H and O–H groups in total. The van der Waals surface area contributed by atoms with Crippen molar-refractivity contribution in [2.24, 2.45) is 0 Å². The molecular weight excluding hydrogens is 332 g/mol. The first-order valence-corrected chi connectivity index (χ1v) is 7.95. The average molecular weight is 348 g/mol. The third kappa shape index (κ3) is 2.79. The third-order valence-corrected chi connectivity index (χ3v) is 4.18. The summed E-state index contributed by atoms with van der Waals surface area (Å²) in [7, 11) is 3.17. The van der Waals surface area contributed by atoms with Gasteiger partial charge in [0, 0.05) is 16.5 Å². The monoisotopic (exact) mass is 348 g/mol. The fourth-order valence-corrected chi connectivity index (χ4v) is 2.88. The lowest BCUT2D eigenvalue weighted by atomic mass is 10.1. The van der Waals surface area contributed by atoms with Gasteiger partial charge in [0.1, 0.15) is 11.5 Å². The number of H-pyrrole nitrogens is 2. The van der Waals surface area contributed by atoms with Crippen LogP contribution in [0.3, 0.4) is 0 Å². The standard InChI is InChI=1S/C19H16N4O3/c1-25-13-4-6-18(26-2)14(8-13)17-9-16(21-19(24)22-17)11-3-5-15-12(7-11)10-20-23-15/h3-10H,1-2H3,(H,20,23)(H,21,22,24). The summed E-state index contributed by atoms with van der Waals surface area (Å²) < 4.78 is 10.7. The number of benzene rings is 2. The van der Waals surface area contributed by atoms with Crippen molar-refractivity contribution in [1.29, 1.82) is 0 Å². The molecule has 0 saturated heterocycles. The van der Waals surface area contributed by atoms with Crippen LogP contribution in [0.15, 0.2) is 53.5 Å².